The number of halogens is 5. The Kier molecular flexibility index (Phi) is 5.17. The molecule has 1 aliphatic rings. The maximum Gasteiger partial charge on any atom is 0.416 e. The fraction of sp³-hybridized carbons (Fsp3) is 0.273. The van der Waals surface area contributed by atoms with Crippen molar-refractivity contribution in [3.8, 4) is 0 Å². The Morgan fingerprint density at radius 3 is 2.34 bits per heavy atom. The summed E-state index contributed by atoms with van der Waals surface area (Å²) >= 11 is 0. The van der Waals surface area contributed by atoms with E-state index in [1.54, 1.807) is 6.07 Å². The van der Waals surface area contributed by atoms with Crippen LogP contribution >= 0.6 is 0 Å². The summed E-state index contributed by atoms with van der Waals surface area (Å²) in [6.07, 6.45) is -1.87. The number of aromatic nitrogens is 1. The van der Waals surface area contributed by atoms with Gasteiger partial charge < -0.3 is 4.57 Å². The number of nitrogens with zero attached hydrogens (tertiary/aromatic N) is 2. The number of fused-ring (bicyclic) bond motifs is 1. The van der Waals surface area contributed by atoms with E-state index in [0.717, 1.165) is 17.8 Å². The molecule has 2 aromatic carbocycles. The van der Waals surface area contributed by atoms with E-state index in [9.17, 15) is 22.0 Å². The van der Waals surface area contributed by atoms with Gasteiger partial charge in [0.05, 0.1) is 11.6 Å². The number of alkyl halides is 3. The molecule has 0 aliphatic carbocycles. The van der Waals surface area contributed by atoms with Crippen LogP contribution in [-0.4, -0.2) is 16.0 Å². The molecular formula is C22H19F5N2. The Bertz CT molecular complexity index is 988. The summed E-state index contributed by atoms with van der Waals surface area (Å²) in [5.74, 6) is -1.32. The van der Waals surface area contributed by atoms with Gasteiger partial charge in [0.1, 0.15) is 11.6 Å². The van der Waals surface area contributed by atoms with Crippen LogP contribution in [0.15, 0.2) is 60.8 Å². The highest BCUT2D eigenvalue weighted by Gasteiger charge is 2.33. The van der Waals surface area contributed by atoms with Crippen LogP contribution in [0.25, 0.3) is 0 Å². The predicted molar refractivity (Wildman–Crippen MR) is 99.1 cm³/mol. The predicted octanol–water partition coefficient (Wildman–Crippen LogP) is 5.78. The molecule has 1 unspecified atom stereocenters. The zero-order chi connectivity index (χ0) is 20.6. The topological polar surface area (TPSA) is 8.17 Å². The smallest absolute Gasteiger partial charge is 0.350 e. The van der Waals surface area contributed by atoms with Crippen molar-refractivity contribution in [1.82, 2.24) is 9.47 Å². The van der Waals surface area contributed by atoms with Crippen molar-refractivity contribution in [3.05, 3.63) is 94.8 Å². The Balaban J connectivity index is 1.80. The lowest BCUT2D eigenvalue weighted by Gasteiger charge is -2.31. The summed E-state index contributed by atoms with van der Waals surface area (Å²) in [5.41, 5.74) is 0.427. The first-order valence-corrected chi connectivity index (χ1v) is 9.34. The highest BCUT2D eigenvalue weighted by molar-refractivity contribution is 5.34. The van der Waals surface area contributed by atoms with Gasteiger partial charge in [-0.15, -0.1) is 0 Å². The molecule has 1 aromatic heterocycles. The molecule has 0 radical (unpaired) electrons. The van der Waals surface area contributed by atoms with E-state index in [4.69, 9.17) is 0 Å². The van der Waals surface area contributed by atoms with Crippen LogP contribution in [0.4, 0.5) is 22.0 Å². The summed E-state index contributed by atoms with van der Waals surface area (Å²) in [7, 11) is 0. The monoisotopic (exact) mass is 406 g/mol. The Labute approximate surface area is 165 Å². The molecule has 7 heteroatoms. The molecule has 0 saturated carbocycles. The molecule has 2 nitrogen and oxygen atoms in total. The Morgan fingerprint density at radius 2 is 1.62 bits per heavy atom. The molecule has 0 amide bonds. The maximum absolute atomic E-state index is 14.3. The van der Waals surface area contributed by atoms with Crippen molar-refractivity contribution < 1.29 is 22.0 Å². The number of rotatable bonds is 3. The molecule has 2 heterocycles. The van der Waals surface area contributed by atoms with Gasteiger partial charge in [-0.1, -0.05) is 18.2 Å². The molecule has 152 valence electrons. The van der Waals surface area contributed by atoms with Gasteiger partial charge in [0.25, 0.3) is 0 Å². The van der Waals surface area contributed by atoms with Crippen LogP contribution in [0.1, 0.15) is 34.8 Å². The SMILES string of the molecule is Fc1cccc(F)c1CN1CCCn2cccc2C1c1cccc(C(F)(F)F)c1. The van der Waals surface area contributed by atoms with Gasteiger partial charge in [0.15, 0.2) is 0 Å². The molecule has 0 saturated heterocycles. The molecule has 4 rings (SSSR count). The van der Waals surface area contributed by atoms with Gasteiger partial charge >= 0.3 is 6.18 Å². The number of hydrogen-bond donors (Lipinski definition) is 0. The third-order valence-corrected chi connectivity index (χ3v) is 5.31. The highest BCUT2D eigenvalue weighted by atomic mass is 19.4. The van der Waals surface area contributed by atoms with Crippen molar-refractivity contribution in [2.24, 2.45) is 0 Å². The van der Waals surface area contributed by atoms with Crippen LogP contribution in [0.3, 0.4) is 0 Å². The Morgan fingerprint density at radius 1 is 0.897 bits per heavy atom. The van der Waals surface area contributed by atoms with E-state index >= 15 is 0 Å². The van der Waals surface area contributed by atoms with Crippen molar-refractivity contribution >= 4 is 0 Å². The molecule has 1 atom stereocenters. The van der Waals surface area contributed by atoms with E-state index in [-0.39, 0.29) is 12.1 Å². The van der Waals surface area contributed by atoms with Crippen molar-refractivity contribution in [3.63, 3.8) is 0 Å². The van der Waals surface area contributed by atoms with E-state index < -0.39 is 29.4 Å². The summed E-state index contributed by atoms with van der Waals surface area (Å²) in [6.45, 7) is 1.15. The number of hydrogen-bond acceptors (Lipinski definition) is 1. The van der Waals surface area contributed by atoms with Gasteiger partial charge in [-0.25, -0.2) is 8.78 Å². The third kappa shape index (κ3) is 3.92. The summed E-state index contributed by atoms with van der Waals surface area (Å²) in [6, 6.07) is 12.0. The average molecular weight is 406 g/mol. The van der Waals surface area contributed by atoms with Crippen molar-refractivity contribution in [2.75, 3.05) is 6.54 Å². The summed E-state index contributed by atoms with van der Waals surface area (Å²) < 4.78 is 70.4. The fourth-order valence-corrected chi connectivity index (χ4v) is 3.96. The zero-order valence-corrected chi connectivity index (χ0v) is 15.5. The summed E-state index contributed by atoms with van der Waals surface area (Å²) in [5, 5.41) is 0. The van der Waals surface area contributed by atoms with Gasteiger partial charge in [0.2, 0.25) is 0 Å². The average Bonchev–Trinajstić information content (AvgIpc) is 3.05. The highest BCUT2D eigenvalue weighted by Crippen LogP contribution is 2.37. The molecular weight excluding hydrogens is 387 g/mol. The zero-order valence-electron chi connectivity index (χ0n) is 15.5. The van der Waals surface area contributed by atoms with Crippen molar-refractivity contribution in [1.29, 1.82) is 0 Å². The van der Waals surface area contributed by atoms with E-state index in [0.29, 0.717) is 25.1 Å². The second-order valence-corrected chi connectivity index (χ2v) is 7.18. The first-order valence-electron chi connectivity index (χ1n) is 9.34. The second kappa shape index (κ2) is 7.63. The standard InChI is InChI=1S/C22H19F5N2/c23-18-7-2-8-19(24)17(18)14-29-12-4-11-28-10-3-9-20(28)21(29)15-5-1-6-16(13-15)22(25,26)27/h1-3,5-10,13,21H,4,11-12,14H2. The lowest BCUT2D eigenvalue weighted by molar-refractivity contribution is -0.137. The van der Waals surface area contributed by atoms with Gasteiger partial charge in [-0.2, -0.15) is 13.2 Å². The number of aryl methyl sites for hydroxylation is 1. The van der Waals surface area contributed by atoms with Gasteiger partial charge in [-0.3, -0.25) is 4.90 Å². The molecule has 3 aromatic rings. The fourth-order valence-electron chi connectivity index (χ4n) is 3.96. The number of benzene rings is 2. The van der Waals surface area contributed by atoms with Crippen LogP contribution in [-0.2, 0) is 19.3 Å². The first-order chi connectivity index (χ1) is 13.8. The Hall–Kier alpha value is -2.67. The van der Waals surface area contributed by atoms with Crippen LogP contribution < -0.4 is 0 Å². The minimum absolute atomic E-state index is 0.0371. The second-order valence-electron chi connectivity index (χ2n) is 7.18. The first kappa shape index (κ1) is 19.6. The maximum atomic E-state index is 14.3. The molecule has 0 spiro atoms. The minimum atomic E-state index is -4.47. The van der Waals surface area contributed by atoms with Crippen LogP contribution in [0.5, 0.6) is 0 Å². The van der Waals surface area contributed by atoms with Crippen LogP contribution in [0, 0.1) is 11.6 Å². The van der Waals surface area contributed by atoms with E-state index in [1.807, 2.05) is 27.8 Å². The molecule has 0 bridgehead atoms. The molecule has 29 heavy (non-hydrogen) atoms. The minimum Gasteiger partial charge on any atom is -0.350 e. The van der Waals surface area contributed by atoms with Crippen LogP contribution in [0.2, 0.25) is 0 Å². The quantitative estimate of drug-likeness (QED) is 0.501. The van der Waals surface area contributed by atoms with Crippen molar-refractivity contribution in [2.45, 2.75) is 31.7 Å². The largest absolute Gasteiger partial charge is 0.416 e. The van der Waals surface area contributed by atoms with Gasteiger partial charge in [0, 0.05) is 37.1 Å². The van der Waals surface area contributed by atoms with Gasteiger partial charge in [-0.05, 0) is 48.4 Å². The van der Waals surface area contributed by atoms with E-state index in [2.05, 4.69) is 0 Å². The molecule has 1 aliphatic heterocycles. The lowest BCUT2D eigenvalue weighted by Crippen LogP contribution is -2.30. The van der Waals surface area contributed by atoms with E-state index in [1.165, 1.54) is 24.3 Å². The third-order valence-electron chi connectivity index (χ3n) is 5.31. The summed E-state index contributed by atoms with van der Waals surface area (Å²) in [4.78, 5) is 1.84. The molecule has 0 fully saturated rings. The lowest BCUT2D eigenvalue weighted by atomic mass is 9.98. The normalized spacial score (nSPS) is 17.8. The molecule has 0 N–H and O–H groups in total.